The minimum Gasteiger partial charge on any atom is -0.493 e. The molecular formula is C33H40N6O6. The molecular weight excluding hydrogens is 576 g/mol. The summed E-state index contributed by atoms with van der Waals surface area (Å²) in [5, 5.41) is 13.3. The van der Waals surface area contributed by atoms with Crippen molar-refractivity contribution in [1.82, 2.24) is 19.9 Å². The fourth-order valence-electron chi connectivity index (χ4n) is 4.63. The van der Waals surface area contributed by atoms with Gasteiger partial charge in [0.25, 0.3) is 5.91 Å². The number of anilines is 2. The number of Topliss-reactive ketones (excluding diaryl/α,β-unsaturated/α-hetero) is 1. The van der Waals surface area contributed by atoms with Crippen LogP contribution in [-0.2, 0) is 9.53 Å². The Hall–Kier alpha value is -5.13. The Kier molecular flexibility index (Phi) is 10.3. The van der Waals surface area contributed by atoms with Gasteiger partial charge in [0.15, 0.2) is 28.6 Å². The van der Waals surface area contributed by atoms with Crippen molar-refractivity contribution in [3.05, 3.63) is 66.5 Å². The molecule has 0 unspecified atom stereocenters. The molecule has 12 nitrogen and oxygen atoms in total. The second-order valence-corrected chi connectivity index (χ2v) is 11.7. The summed E-state index contributed by atoms with van der Waals surface area (Å²) in [5.41, 5.74) is 2.97. The Morgan fingerprint density at radius 2 is 1.60 bits per heavy atom. The van der Waals surface area contributed by atoms with E-state index in [4.69, 9.17) is 14.2 Å². The Bertz CT molecular complexity index is 1660. The van der Waals surface area contributed by atoms with Gasteiger partial charge in [0, 0.05) is 42.2 Å². The van der Waals surface area contributed by atoms with E-state index in [1.54, 1.807) is 82.1 Å². The molecule has 0 saturated heterocycles. The molecule has 238 valence electrons. The predicted octanol–water partition coefficient (Wildman–Crippen LogP) is 5.59. The van der Waals surface area contributed by atoms with Gasteiger partial charge < -0.3 is 30.2 Å². The van der Waals surface area contributed by atoms with Crippen LogP contribution in [0.2, 0.25) is 0 Å². The van der Waals surface area contributed by atoms with Gasteiger partial charge in [-0.15, -0.1) is 0 Å². The highest BCUT2D eigenvalue weighted by molar-refractivity contribution is 6.03. The van der Waals surface area contributed by atoms with Crippen LogP contribution in [0.1, 0.15) is 51.5 Å². The van der Waals surface area contributed by atoms with E-state index in [-0.39, 0.29) is 29.7 Å². The number of alkyl carbamates (subject to hydrolysis) is 1. The number of ketones is 1. The third-order valence-corrected chi connectivity index (χ3v) is 6.80. The average molecular weight is 617 g/mol. The second-order valence-electron chi connectivity index (χ2n) is 11.7. The third kappa shape index (κ3) is 8.49. The molecule has 0 aliphatic rings. The lowest BCUT2D eigenvalue weighted by Crippen LogP contribution is -2.46. The number of ether oxygens (including phenoxy) is 3. The van der Waals surface area contributed by atoms with Gasteiger partial charge in [-0.25, -0.2) is 14.3 Å². The highest BCUT2D eigenvalue weighted by Gasteiger charge is 2.26. The van der Waals surface area contributed by atoms with Gasteiger partial charge in [-0.1, -0.05) is 13.8 Å². The van der Waals surface area contributed by atoms with Crippen LogP contribution in [0.15, 0.2) is 60.8 Å². The third-order valence-electron chi connectivity index (χ3n) is 6.80. The average Bonchev–Trinajstić information content (AvgIpc) is 3.44. The van der Waals surface area contributed by atoms with Crippen LogP contribution in [0.5, 0.6) is 11.5 Å². The quantitative estimate of drug-likeness (QED) is 0.186. The zero-order chi connectivity index (χ0) is 32.7. The summed E-state index contributed by atoms with van der Waals surface area (Å²) >= 11 is 0. The molecule has 0 aliphatic carbocycles. The predicted molar refractivity (Wildman–Crippen MR) is 172 cm³/mol. The first-order chi connectivity index (χ1) is 21.4. The van der Waals surface area contributed by atoms with E-state index in [2.05, 4.69) is 26.0 Å². The van der Waals surface area contributed by atoms with Crippen molar-refractivity contribution in [3.8, 4) is 22.8 Å². The molecule has 0 fully saturated rings. The molecule has 45 heavy (non-hydrogen) atoms. The number of aromatic nitrogens is 3. The van der Waals surface area contributed by atoms with Crippen LogP contribution in [0.25, 0.3) is 16.9 Å². The lowest BCUT2D eigenvalue weighted by molar-refractivity contribution is -0.121. The van der Waals surface area contributed by atoms with Crippen molar-refractivity contribution in [2.24, 2.45) is 5.92 Å². The molecule has 2 aromatic carbocycles. The fraction of sp³-hybridized carbons (Fsp3) is 0.364. The maximum Gasteiger partial charge on any atom is 0.408 e. The minimum atomic E-state index is -0.650. The number of methoxy groups -OCH3 is 2. The molecule has 0 radical (unpaired) electrons. The smallest absolute Gasteiger partial charge is 0.408 e. The van der Waals surface area contributed by atoms with E-state index in [0.29, 0.717) is 29.4 Å². The molecule has 0 bridgehead atoms. The summed E-state index contributed by atoms with van der Waals surface area (Å²) in [5.74, 6) is 0.610. The molecule has 0 aliphatic heterocycles. The highest BCUT2D eigenvalue weighted by Crippen LogP contribution is 2.32. The van der Waals surface area contributed by atoms with Gasteiger partial charge in [0.2, 0.25) is 0 Å². The molecule has 4 rings (SSSR count). The zero-order valence-electron chi connectivity index (χ0n) is 26.6. The first-order valence-electron chi connectivity index (χ1n) is 14.6. The van der Waals surface area contributed by atoms with Gasteiger partial charge in [0.05, 0.1) is 26.0 Å². The van der Waals surface area contributed by atoms with Gasteiger partial charge in [-0.3, -0.25) is 9.59 Å². The molecule has 1 atom stereocenters. The van der Waals surface area contributed by atoms with E-state index in [0.717, 1.165) is 16.9 Å². The Morgan fingerprint density at radius 1 is 0.911 bits per heavy atom. The summed E-state index contributed by atoms with van der Waals surface area (Å²) in [6.45, 7) is 9.44. The molecule has 12 heteroatoms. The molecule has 2 aromatic heterocycles. The number of hydrogen-bond donors (Lipinski definition) is 3. The minimum absolute atomic E-state index is 0.0887. The van der Waals surface area contributed by atoms with E-state index >= 15 is 0 Å². The fourth-order valence-corrected chi connectivity index (χ4v) is 4.63. The van der Waals surface area contributed by atoms with Gasteiger partial charge in [0.1, 0.15) is 5.60 Å². The Balaban J connectivity index is 1.35. The maximum absolute atomic E-state index is 13.1. The standard InChI is InChI=1S/C33H40N6O6/c1-20(2)30(37-32(42)45-33(3,4)5)26(40)15-17-34-22-9-11-23(12-10-22)36-31(41)24-19-29-35-16-14-25(39(29)38-24)21-8-13-27(43-6)28(18-21)44-7/h8-14,16,18-20,30,34H,15,17H2,1-7H3,(H,36,41)(H,37,42)/t30-/m0/s1. The first kappa shape index (κ1) is 32.8. The number of carbonyl (C=O) groups excluding carboxylic acids is 3. The van der Waals surface area contributed by atoms with E-state index in [9.17, 15) is 14.4 Å². The van der Waals surface area contributed by atoms with Crippen molar-refractivity contribution in [3.63, 3.8) is 0 Å². The van der Waals surface area contributed by atoms with Crippen molar-refractivity contribution in [2.45, 2.75) is 52.7 Å². The molecule has 4 aromatic rings. The van der Waals surface area contributed by atoms with Crippen LogP contribution in [0, 0.1) is 5.92 Å². The van der Waals surface area contributed by atoms with Crippen LogP contribution < -0.4 is 25.4 Å². The van der Waals surface area contributed by atoms with Crippen LogP contribution in [-0.4, -0.2) is 64.8 Å². The topological polar surface area (TPSA) is 145 Å². The number of fused-ring (bicyclic) bond motifs is 1. The lowest BCUT2D eigenvalue weighted by Gasteiger charge is -2.25. The van der Waals surface area contributed by atoms with Gasteiger partial charge in [-0.05, 0) is 75.2 Å². The zero-order valence-corrected chi connectivity index (χ0v) is 26.6. The lowest BCUT2D eigenvalue weighted by atomic mass is 9.98. The van der Waals surface area contributed by atoms with Gasteiger partial charge >= 0.3 is 6.09 Å². The number of hydrogen-bond acceptors (Lipinski definition) is 9. The summed E-state index contributed by atoms with van der Waals surface area (Å²) in [6, 6.07) is 15.4. The number of carbonyl (C=O) groups is 3. The summed E-state index contributed by atoms with van der Waals surface area (Å²) in [4.78, 5) is 42.4. The number of rotatable bonds is 12. The largest absolute Gasteiger partial charge is 0.493 e. The monoisotopic (exact) mass is 616 g/mol. The van der Waals surface area contributed by atoms with Crippen molar-refractivity contribution >= 4 is 34.8 Å². The van der Waals surface area contributed by atoms with Crippen LogP contribution in [0.4, 0.5) is 16.2 Å². The molecule has 0 spiro atoms. The SMILES string of the molecule is COc1ccc(-c2ccnc3cc(C(=O)Nc4ccc(NCCC(=O)[C@@H](NC(=O)OC(C)(C)C)C(C)C)cc4)nn23)cc1OC. The van der Waals surface area contributed by atoms with E-state index < -0.39 is 17.7 Å². The van der Waals surface area contributed by atoms with Crippen LogP contribution in [0.3, 0.4) is 0 Å². The summed E-state index contributed by atoms with van der Waals surface area (Å²) in [7, 11) is 3.14. The van der Waals surface area contributed by atoms with Crippen molar-refractivity contribution in [1.29, 1.82) is 0 Å². The maximum atomic E-state index is 13.1. The first-order valence-corrected chi connectivity index (χ1v) is 14.6. The molecule has 0 saturated carbocycles. The number of nitrogens with zero attached hydrogens (tertiary/aromatic N) is 3. The molecule has 2 heterocycles. The highest BCUT2D eigenvalue weighted by atomic mass is 16.6. The molecule has 2 amide bonds. The number of amides is 2. The van der Waals surface area contributed by atoms with Crippen LogP contribution >= 0.6 is 0 Å². The van der Waals surface area contributed by atoms with E-state index in [1.807, 2.05) is 32.0 Å². The van der Waals surface area contributed by atoms with Crippen molar-refractivity contribution < 1.29 is 28.6 Å². The number of benzene rings is 2. The second kappa shape index (κ2) is 14.1. The van der Waals surface area contributed by atoms with E-state index in [1.165, 1.54) is 0 Å². The summed E-state index contributed by atoms with van der Waals surface area (Å²) in [6.07, 6.45) is 1.26. The number of nitrogens with one attached hydrogen (secondary N) is 3. The Morgan fingerprint density at radius 3 is 2.24 bits per heavy atom. The normalized spacial score (nSPS) is 12.0. The molecule has 3 N–H and O–H groups in total. The summed E-state index contributed by atoms with van der Waals surface area (Å²) < 4.78 is 17.7. The van der Waals surface area contributed by atoms with Gasteiger partial charge in [-0.2, -0.15) is 5.10 Å². The Labute approximate surface area is 262 Å². The van der Waals surface area contributed by atoms with Crippen molar-refractivity contribution in [2.75, 3.05) is 31.4 Å².